The van der Waals surface area contributed by atoms with Crippen molar-refractivity contribution in [2.75, 3.05) is 18.0 Å². The van der Waals surface area contributed by atoms with Gasteiger partial charge in [-0.1, -0.05) is 13.8 Å². The second-order valence-corrected chi connectivity index (χ2v) is 4.98. The number of aromatic nitrogens is 1. The van der Waals surface area contributed by atoms with Gasteiger partial charge in [-0.05, 0) is 21.7 Å². The average Bonchev–Trinajstić information content (AvgIpc) is 2.68. The highest BCUT2D eigenvalue weighted by Crippen LogP contribution is 2.31. The van der Waals surface area contributed by atoms with Crippen LogP contribution >= 0.6 is 0 Å². The van der Waals surface area contributed by atoms with Crippen LogP contribution in [0, 0.1) is 22.0 Å². The number of carboxylic acid groups (broad SMARTS) is 1. The number of rotatable bonds is 3. The number of aromatic carboxylic acids is 1. The van der Waals surface area contributed by atoms with Crippen molar-refractivity contribution in [3.63, 3.8) is 0 Å². The summed E-state index contributed by atoms with van der Waals surface area (Å²) in [6, 6.07) is 1.02. The zero-order valence-corrected chi connectivity index (χ0v) is 10.7. The van der Waals surface area contributed by atoms with E-state index in [4.69, 9.17) is 0 Å². The van der Waals surface area contributed by atoms with Crippen molar-refractivity contribution >= 4 is 17.5 Å². The topological polar surface area (TPSA) is 96.6 Å². The fourth-order valence-corrected chi connectivity index (χ4v) is 2.29. The van der Waals surface area contributed by atoms with Crippen LogP contribution in [0.15, 0.2) is 12.3 Å². The number of carboxylic acids is 1. The standard InChI is InChI=1S/C12H15N3O4/c1-7-5-14(6-8(7)2)10-4-13-11(15(18)19)3-9(10)12(16)17/h3-4,7-8H,5-6H2,1-2H3,(H,16,17). The summed E-state index contributed by atoms with van der Waals surface area (Å²) in [5.74, 6) is -0.706. The van der Waals surface area contributed by atoms with Gasteiger partial charge in [-0.25, -0.2) is 4.79 Å². The van der Waals surface area contributed by atoms with Crippen LogP contribution in [-0.4, -0.2) is 34.1 Å². The molecule has 0 aromatic carbocycles. The van der Waals surface area contributed by atoms with Gasteiger partial charge in [0.1, 0.15) is 0 Å². The molecule has 19 heavy (non-hydrogen) atoms. The molecule has 0 radical (unpaired) electrons. The molecule has 2 rings (SSSR count). The lowest BCUT2D eigenvalue weighted by atomic mass is 10.0. The van der Waals surface area contributed by atoms with Crippen LogP contribution in [0.1, 0.15) is 24.2 Å². The van der Waals surface area contributed by atoms with Crippen molar-refractivity contribution in [3.8, 4) is 0 Å². The normalized spacial score (nSPS) is 22.5. The molecule has 1 aliphatic rings. The maximum absolute atomic E-state index is 11.2. The first kappa shape index (κ1) is 13.3. The van der Waals surface area contributed by atoms with E-state index in [2.05, 4.69) is 18.8 Å². The Morgan fingerprint density at radius 2 is 2.05 bits per heavy atom. The Morgan fingerprint density at radius 3 is 2.53 bits per heavy atom. The maximum atomic E-state index is 11.2. The van der Waals surface area contributed by atoms with Gasteiger partial charge in [0.05, 0.1) is 17.3 Å². The Labute approximate surface area is 110 Å². The van der Waals surface area contributed by atoms with Crippen molar-refractivity contribution in [1.29, 1.82) is 0 Å². The van der Waals surface area contributed by atoms with Gasteiger partial charge in [0, 0.05) is 13.1 Å². The summed E-state index contributed by atoms with van der Waals surface area (Å²) in [4.78, 5) is 26.8. The van der Waals surface area contributed by atoms with E-state index in [-0.39, 0.29) is 5.56 Å². The molecule has 1 aliphatic heterocycles. The van der Waals surface area contributed by atoms with E-state index in [0.29, 0.717) is 17.5 Å². The van der Waals surface area contributed by atoms with Crippen LogP contribution in [0.2, 0.25) is 0 Å². The summed E-state index contributed by atoms with van der Waals surface area (Å²) in [6.45, 7) is 5.68. The molecular weight excluding hydrogens is 250 g/mol. The third kappa shape index (κ3) is 2.49. The summed E-state index contributed by atoms with van der Waals surface area (Å²) >= 11 is 0. The number of nitro groups is 1. The third-order valence-electron chi connectivity index (χ3n) is 3.61. The first-order chi connectivity index (χ1) is 8.90. The van der Waals surface area contributed by atoms with Gasteiger partial charge < -0.3 is 20.1 Å². The zero-order chi connectivity index (χ0) is 14.2. The Hall–Kier alpha value is -2.18. The molecule has 2 atom stereocenters. The first-order valence-corrected chi connectivity index (χ1v) is 6.02. The predicted molar refractivity (Wildman–Crippen MR) is 68.4 cm³/mol. The van der Waals surface area contributed by atoms with E-state index in [1.807, 2.05) is 4.90 Å². The fourth-order valence-electron chi connectivity index (χ4n) is 2.29. The summed E-state index contributed by atoms with van der Waals surface area (Å²) < 4.78 is 0. The summed E-state index contributed by atoms with van der Waals surface area (Å²) in [5.41, 5.74) is 0.386. The van der Waals surface area contributed by atoms with E-state index in [1.54, 1.807) is 0 Å². The quantitative estimate of drug-likeness (QED) is 0.661. The molecule has 0 amide bonds. The smallest absolute Gasteiger partial charge is 0.364 e. The Balaban J connectivity index is 2.40. The van der Waals surface area contributed by atoms with Gasteiger partial charge in [-0.2, -0.15) is 0 Å². The van der Waals surface area contributed by atoms with E-state index in [0.717, 1.165) is 19.2 Å². The molecule has 0 aliphatic carbocycles. The molecule has 0 saturated carbocycles. The fraction of sp³-hybridized carbons (Fsp3) is 0.500. The van der Waals surface area contributed by atoms with Crippen molar-refractivity contribution < 1.29 is 14.8 Å². The molecule has 0 bridgehead atoms. The number of pyridine rings is 1. The number of hydrogen-bond acceptors (Lipinski definition) is 5. The summed E-state index contributed by atoms with van der Waals surface area (Å²) in [6.07, 6.45) is 1.28. The number of hydrogen-bond donors (Lipinski definition) is 1. The maximum Gasteiger partial charge on any atom is 0.364 e. The molecule has 102 valence electrons. The Kier molecular flexibility index (Phi) is 3.37. The van der Waals surface area contributed by atoms with Crippen LogP contribution in [0.4, 0.5) is 11.5 Å². The zero-order valence-electron chi connectivity index (χ0n) is 10.7. The minimum atomic E-state index is -1.17. The highest BCUT2D eigenvalue weighted by atomic mass is 16.6. The lowest BCUT2D eigenvalue weighted by molar-refractivity contribution is -0.389. The van der Waals surface area contributed by atoms with E-state index in [9.17, 15) is 20.0 Å². The molecule has 1 aromatic heterocycles. The van der Waals surface area contributed by atoms with Crippen molar-refractivity contribution in [3.05, 3.63) is 27.9 Å². The van der Waals surface area contributed by atoms with Crippen LogP contribution < -0.4 is 4.90 Å². The molecule has 7 heteroatoms. The molecule has 1 N–H and O–H groups in total. The van der Waals surface area contributed by atoms with E-state index >= 15 is 0 Å². The van der Waals surface area contributed by atoms with Crippen LogP contribution in [0.25, 0.3) is 0 Å². The Morgan fingerprint density at radius 1 is 1.47 bits per heavy atom. The average molecular weight is 265 g/mol. The second kappa shape index (κ2) is 4.83. The predicted octanol–water partition coefficient (Wildman–Crippen LogP) is 1.78. The number of carbonyl (C=O) groups is 1. The second-order valence-electron chi connectivity index (χ2n) is 4.98. The van der Waals surface area contributed by atoms with Gasteiger partial charge in [0.2, 0.25) is 0 Å². The van der Waals surface area contributed by atoms with Crippen molar-refractivity contribution in [2.24, 2.45) is 11.8 Å². The SMILES string of the molecule is CC1CN(c2cnc([N+](=O)[O-])cc2C(=O)O)CC1C. The molecule has 2 unspecified atom stereocenters. The van der Waals surface area contributed by atoms with Gasteiger partial charge in [0.25, 0.3) is 0 Å². The van der Waals surface area contributed by atoms with Crippen LogP contribution in [0.3, 0.4) is 0 Å². The third-order valence-corrected chi connectivity index (χ3v) is 3.61. The van der Waals surface area contributed by atoms with Gasteiger partial charge in [0.15, 0.2) is 6.20 Å². The molecule has 0 spiro atoms. The minimum absolute atomic E-state index is 0.0667. The van der Waals surface area contributed by atoms with Gasteiger partial charge in [-0.15, -0.1) is 0 Å². The van der Waals surface area contributed by atoms with Crippen LogP contribution in [-0.2, 0) is 0 Å². The number of anilines is 1. The molecule has 7 nitrogen and oxygen atoms in total. The molecule has 1 saturated heterocycles. The number of nitrogens with zero attached hydrogens (tertiary/aromatic N) is 3. The summed E-state index contributed by atoms with van der Waals surface area (Å²) in [5, 5.41) is 19.8. The van der Waals surface area contributed by atoms with Gasteiger partial charge >= 0.3 is 11.8 Å². The molecular formula is C12H15N3O4. The first-order valence-electron chi connectivity index (χ1n) is 6.02. The lowest BCUT2D eigenvalue weighted by Gasteiger charge is -2.18. The highest BCUT2D eigenvalue weighted by Gasteiger charge is 2.30. The lowest BCUT2D eigenvalue weighted by Crippen LogP contribution is -2.22. The Bertz CT molecular complexity index is 522. The highest BCUT2D eigenvalue weighted by molar-refractivity contribution is 5.94. The van der Waals surface area contributed by atoms with Crippen LogP contribution in [0.5, 0.6) is 0 Å². The molecule has 1 fully saturated rings. The minimum Gasteiger partial charge on any atom is -0.478 e. The van der Waals surface area contributed by atoms with Crippen molar-refractivity contribution in [1.82, 2.24) is 4.98 Å². The van der Waals surface area contributed by atoms with E-state index in [1.165, 1.54) is 6.20 Å². The summed E-state index contributed by atoms with van der Waals surface area (Å²) in [7, 11) is 0. The largest absolute Gasteiger partial charge is 0.478 e. The van der Waals surface area contributed by atoms with E-state index < -0.39 is 16.7 Å². The monoisotopic (exact) mass is 265 g/mol. The molecule has 1 aromatic rings. The van der Waals surface area contributed by atoms with Gasteiger partial charge in [-0.3, -0.25) is 0 Å². The van der Waals surface area contributed by atoms with Crippen molar-refractivity contribution in [2.45, 2.75) is 13.8 Å². The molecule has 2 heterocycles.